The Labute approximate surface area is 225 Å². The summed E-state index contributed by atoms with van der Waals surface area (Å²) < 4.78 is 0. The van der Waals surface area contributed by atoms with Crippen molar-refractivity contribution in [2.45, 2.75) is 76.3 Å². The van der Waals surface area contributed by atoms with Gasteiger partial charge in [0.1, 0.15) is 11.4 Å². The van der Waals surface area contributed by atoms with Crippen LogP contribution < -0.4 is 16.0 Å². The molecule has 2 aliphatic heterocycles. The third kappa shape index (κ3) is 4.70. The highest BCUT2D eigenvalue weighted by Gasteiger charge is 2.50. The molecule has 8 nitrogen and oxygen atoms in total. The third-order valence-electron chi connectivity index (χ3n) is 9.05. The summed E-state index contributed by atoms with van der Waals surface area (Å²) in [5, 5.41) is 3.12. The lowest BCUT2D eigenvalue weighted by molar-refractivity contribution is -0.147. The van der Waals surface area contributed by atoms with Gasteiger partial charge in [0, 0.05) is 19.2 Å². The lowest BCUT2D eigenvalue weighted by Gasteiger charge is -2.43. The smallest absolute Gasteiger partial charge is 0.238 e. The van der Waals surface area contributed by atoms with Gasteiger partial charge in [-0.05, 0) is 81.3 Å². The molecule has 3 amide bonds. The topological polar surface area (TPSA) is 109 Å². The lowest BCUT2D eigenvalue weighted by atomic mass is 9.69. The van der Waals surface area contributed by atoms with Crippen LogP contribution in [0.3, 0.4) is 0 Å². The van der Waals surface area contributed by atoms with Gasteiger partial charge in [-0.25, -0.2) is 4.98 Å². The number of likely N-dealkylation sites (tertiary alicyclic amines) is 1. The van der Waals surface area contributed by atoms with E-state index in [1.54, 1.807) is 25.1 Å². The fourth-order valence-electron chi connectivity index (χ4n) is 6.82. The van der Waals surface area contributed by atoms with Crippen LogP contribution in [0.15, 0.2) is 42.6 Å². The third-order valence-corrected chi connectivity index (χ3v) is 9.05. The number of aromatic nitrogens is 1. The summed E-state index contributed by atoms with van der Waals surface area (Å²) in [6.45, 7) is 2.41. The minimum atomic E-state index is -1.13. The quantitative estimate of drug-likeness (QED) is 0.577. The first-order valence-electron chi connectivity index (χ1n) is 14.0. The number of nitrogens with zero attached hydrogens (tertiary/aromatic N) is 3. The van der Waals surface area contributed by atoms with Gasteiger partial charge in [-0.15, -0.1) is 0 Å². The molecule has 2 aromatic rings. The first-order chi connectivity index (χ1) is 18.3. The SMILES string of the molecule is CNC(C)(C(N)=O)[C@@H](C(=O)N1CCC[C@H]1c1ccnc(N2C(=O)CCc3ccccc32)c1)C1CCCCC1. The van der Waals surface area contributed by atoms with E-state index in [0.717, 1.165) is 68.2 Å². The van der Waals surface area contributed by atoms with E-state index in [9.17, 15) is 14.4 Å². The number of nitrogens with two attached hydrogens (primary N) is 1. The molecule has 1 unspecified atom stereocenters. The number of amides is 3. The van der Waals surface area contributed by atoms with Crippen LogP contribution in [-0.2, 0) is 20.8 Å². The summed E-state index contributed by atoms with van der Waals surface area (Å²) in [5.74, 6) is -0.307. The van der Waals surface area contributed by atoms with Gasteiger partial charge >= 0.3 is 0 Å². The number of para-hydroxylation sites is 1. The van der Waals surface area contributed by atoms with Gasteiger partial charge in [0.15, 0.2) is 0 Å². The van der Waals surface area contributed by atoms with Gasteiger partial charge in [0.25, 0.3) is 0 Å². The van der Waals surface area contributed by atoms with Crippen LogP contribution >= 0.6 is 0 Å². The number of fused-ring (bicyclic) bond motifs is 1. The van der Waals surface area contributed by atoms with Crippen molar-refractivity contribution in [3.05, 3.63) is 53.7 Å². The molecule has 3 N–H and O–H groups in total. The second kappa shape index (κ2) is 10.8. The van der Waals surface area contributed by atoms with Crippen molar-refractivity contribution in [3.8, 4) is 0 Å². The van der Waals surface area contributed by atoms with Crippen LogP contribution in [0.25, 0.3) is 0 Å². The maximum absolute atomic E-state index is 14.3. The molecule has 5 rings (SSSR count). The fourth-order valence-corrected chi connectivity index (χ4v) is 6.82. The molecule has 3 heterocycles. The van der Waals surface area contributed by atoms with E-state index in [0.29, 0.717) is 18.8 Å². The van der Waals surface area contributed by atoms with Crippen LogP contribution in [0.5, 0.6) is 0 Å². The minimum Gasteiger partial charge on any atom is -0.368 e. The Morgan fingerprint density at radius 3 is 2.58 bits per heavy atom. The minimum absolute atomic E-state index is 0.00666. The van der Waals surface area contributed by atoms with Crippen molar-refractivity contribution in [1.29, 1.82) is 0 Å². The zero-order valence-electron chi connectivity index (χ0n) is 22.5. The summed E-state index contributed by atoms with van der Waals surface area (Å²) in [7, 11) is 1.72. The van der Waals surface area contributed by atoms with Gasteiger partial charge in [0.2, 0.25) is 17.7 Å². The Balaban J connectivity index is 1.47. The van der Waals surface area contributed by atoms with Crippen molar-refractivity contribution >= 4 is 29.2 Å². The van der Waals surface area contributed by atoms with Crippen molar-refractivity contribution in [1.82, 2.24) is 15.2 Å². The Morgan fingerprint density at radius 2 is 1.84 bits per heavy atom. The van der Waals surface area contributed by atoms with Crippen LogP contribution in [0.1, 0.15) is 75.5 Å². The predicted octanol–water partition coefficient (Wildman–Crippen LogP) is 4.02. The lowest BCUT2D eigenvalue weighted by Crippen LogP contribution is -2.63. The number of hydrogen-bond acceptors (Lipinski definition) is 5. The second-order valence-electron chi connectivity index (χ2n) is 11.2. The summed E-state index contributed by atoms with van der Waals surface area (Å²) in [6, 6.07) is 11.7. The molecule has 0 spiro atoms. The molecular weight excluding hydrogens is 478 g/mol. The van der Waals surface area contributed by atoms with Crippen molar-refractivity contribution in [2.24, 2.45) is 17.6 Å². The molecule has 0 bridgehead atoms. The Hall–Kier alpha value is -3.26. The van der Waals surface area contributed by atoms with Crippen LogP contribution in [-0.4, -0.2) is 46.7 Å². The number of primary amides is 1. The van der Waals surface area contributed by atoms with E-state index in [1.807, 2.05) is 35.2 Å². The molecule has 0 radical (unpaired) electrons. The largest absolute Gasteiger partial charge is 0.368 e. The molecule has 3 aliphatic rings. The molecule has 1 aliphatic carbocycles. The Kier molecular flexibility index (Phi) is 7.52. The van der Waals surface area contributed by atoms with E-state index >= 15 is 0 Å². The van der Waals surface area contributed by atoms with Crippen LogP contribution in [0, 0.1) is 11.8 Å². The molecule has 38 heavy (non-hydrogen) atoms. The van der Waals surface area contributed by atoms with E-state index in [2.05, 4.69) is 16.4 Å². The summed E-state index contributed by atoms with van der Waals surface area (Å²) in [4.78, 5) is 48.3. The van der Waals surface area contributed by atoms with E-state index in [4.69, 9.17) is 5.73 Å². The highest BCUT2D eigenvalue weighted by atomic mass is 16.2. The number of benzene rings is 1. The van der Waals surface area contributed by atoms with Crippen molar-refractivity contribution in [2.75, 3.05) is 18.5 Å². The standard InChI is InChI=1S/C30H39N5O3/c1-30(32-2,29(31)38)27(21-10-4-3-5-11-21)28(37)34-18-8-13-23(34)22-16-17-33-25(19-22)35-24-12-7-6-9-20(24)14-15-26(35)36/h6-7,9,12,16-17,19,21,23,27,32H,3-5,8,10-11,13-15,18H2,1-2H3,(H2,31,38)/t23-,27+,30?/m0/s1. The maximum Gasteiger partial charge on any atom is 0.238 e. The van der Waals surface area contributed by atoms with Gasteiger partial charge in [0.05, 0.1) is 17.6 Å². The number of aryl methyl sites for hydroxylation is 1. The Morgan fingerprint density at radius 1 is 1.08 bits per heavy atom. The van der Waals surface area contributed by atoms with Gasteiger partial charge in [-0.1, -0.05) is 37.5 Å². The first kappa shape index (κ1) is 26.4. The number of rotatable bonds is 7. The molecular formula is C30H39N5O3. The van der Waals surface area contributed by atoms with E-state index < -0.39 is 17.4 Å². The number of carbonyl (C=O) groups excluding carboxylic acids is 3. The molecule has 8 heteroatoms. The summed E-state index contributed by atoms with van der Waals surface area (Å²) in [5.41, 5.74) is 7.75. The predicted molar refractivity (Wildman–Crippen MR) is 147 cm³/mol. The van der Waals surface area contributed by atoms with E-state index in [1.165, 1.54) is 0 Å². The molecule has 2 fully saturated rings. The van der Waals surface area contributed by atoms with Gasteiger partial charge in [-0.2, -0.15) is 0 Å². The number of hydrogen-bond donors (Lipinski definition) is 2. The molecule has 3 atom stereocenters. The normalized spacial score (nSPS) is 22.6. The molecule has 1 saturated heterocycles. The number of likely N-dealkylation sites (N-methyl/N-ethyl adjacent to an activating group) is 1. The maximum atomic E-state index is 14.3. The van der Waals surface area contributed by atoms with E-state index in [-0.39, 0.29) is 23.8 Å². The fraction of sp³-hybridized carbons (Fsp3) is 0.533. The number of pyridine rings is 1. The van der Waals surface area contributed by atoms with Crippen LogP contribution in [0.4, 0.5) is 11.5 Å². The van der Waals surface area contributed by atoms with Gasteiger partial charge in [-0.3, -0.25) is 19.3 Å². The number of anilines is 2. The zero-order valence-corrected chi connectivity index (χ0v) is 22.5. The number of carbonyl (C=O) groups is 3. The monoisotopic (exact) mass is 517 g/mol. The average molecular weight is 518 g/mol. The zero-order chi connectivity index (χ0) is 26.9. The van der Waals surface area contributed by atoms with Crippen molar-refractivity contribution in [3.63, 3.8) is 0 Å². The second-order valence-corrected chi connectivity index (χ2v) is 11.2. The number of nitrogens with one attached hydrogen (secondary N) is 1. The first-order valence-corrected chi connectivity index (χ1v) is 14.0. The highest BCUT2D eigenvalue weighted by Crippen LogP contribution is 2.42. The molecule has 1 saturated carbocycles. The average Bonchev–Trinajstić information content (AvgIpc) is 3.44. The van der Waals surface area contributed by atoms with Gasteiger partial charge < -0.3 is 16.0 Å². The molecule has 1 aromatic heterocycles. The molecule has 1 aromatic carbocycles. The van der Waals surface area contributed by atoms with Crippen LogP contribution in [0.2, 0.25) is 0 Å². The molecule has 202 valence electrons. The summed E-state index contributed by atoms with van der Waals surface area (Å²) in [6.07, 6.45) is 9.74. The highest BCUT2D eigenvalue weighted by molar-refractivity contribution is 6.02. The van der Waals surface area contributed by atoms with Crippen molar-refractivity contribution < 1.29 is 14.4 Å². The summed E-state index contributed by atoms with van der Waals surface area (Å²) >= 11 is 0. The Bertz CT molecular complexity index is 1210.